The minimum Gasteiger partial charge on any atom is -0.359 e. The summed E-state index contributed by atoms with van der Waals surface area (Å²) in [6.45, 7) is 2.63. The molecule has 2 fully saturated rings. The maximum Gasteiger partial charge on any atom is 0.220 e. The van der Waals surface area contributed by atoms with E-state index in [0.717, 1.165) is 42.0 Å². The molecule has 3 heterocycles. The lowest BCUT2D eigenvalue weighted by Gasteiger charge is -2.51. The first kappa shape index (κ1) is 15.4. The van der Waals surface area contributed by atoms with Crippen LogP contribution < -0.4 is 10.6 Å². The largest absolute Gasteiger partial charge is 0.359 e. The minimum absolute atomic E-state index is 0.0435. The van der Waals surface area contributed by atoms with E-state index < -0.39 is 0 Å². The van der Waals surface area contributed by atoms with Gasteiger partial charge in [0.15, 0.2) is 5.76 Å². The van der Waals surface area contributed by atoms with Crippen molar-refractivity contribution in [3.63, 3.8) is 0 Å². The highest BCUT2D eigenvalue weighted by atomic mass is 16.5. The number of nitrogens with one attached hydrogen (secondary N) is 2. The number of aromatic nitrogens is 3. The molecule has 0 radical (unpaired) electrons. The van der Waals surface area contributed by atoms with Crippen molar-refractivity contribution in [2.75, 3.05) is 0 Å². The maximum atomic E-state index is 11.7. The Kier molecular flexibility index (Phi) is 3.68. The van der Waals surface area contributed by atoms with Gasteiger partial charge in [-0.05, 0) is 32.6 Å². The van der Waals surface area contributed by atoms with E-state index in [1.165, 1.54) is 6.42 Å². The number of rotatable bonds is 4. The fourth-order valence-electron chi connectivity index (χ4n) is 3.80. The van der Waals surface area contributed by atoms with Gasteiger partial charge in [0.1, 0.15) is 5.69 Å². The van der Waals surface area contributed by atoms with E-state index in [0.29, 0.717) is 19.0 Å². The molecule has 0 aromatic carbocycles. The Morgan fingerprint density at radius 1 is 1.50 bits per heavy atom. The van der Waals surface area contributed by atoms with Crippen molar-refractivity contribution in [3.8, 4) is 11.3 Å². The molecular formula is C17H23N5O2. The number of carbonyl (C=O) groups is 1. The zero-order valence-corrected chi connectivity index (χ0v) is 14.1. The Hall–Kier alpha value is -2.15. The highest BCUT2D eigenvalue weighted by Crippen LogP contribution is 2.39. The van der Waals surface area contributed by atoms with Crippen LogP contribution >= 0.6 is 0 Å². The number of amides is 1. The van der Waals surface area contributed by atoms with Crippen molar-refractivity contribution in [1.29, 1.82) is 0 Å². The molecule has 1 aliphatic heterocycles. The third-order valence-electron chi connectivity index (χ3n) is 5.55. The van der Waals surface area contributed by atoms with Crippen LogP contribution in [0.5, 0.6) is 0 Å². The van der Waals surface area contributed by atoms with E-state index in [9.17, 15) is 4.79 Å². The topological polar surface area (TPSA) is 85.0 Å². The van der Waals surface area contributed by atoms with Crippen LogP contribution in [0.15, 0.2) is 16.8 Å². The van der Waals surface area contributed by atoms with Gasteiger partial charge in [0.05, 0.1) is 18.3 Å². The highest BCUT2D eigenvalue weighted by Gasteiger charge is 2.47. The third kappa shape index (κ3) is 2.53. The predicted molar refractivity (Wildman–Crippen MR) is 88.0 cm³/mol. The molecule has 24 heavy (non-hydrogen) atoms. The first-order valence-corrected chi connectivity index (χ1v) is 8.56. The fourth-order valence-corrected chi connectivity index (χ4v) is 3.80. The normalized spacial score (nSPS) is 22.4. The molecule has 7 heteroatoms. The molecule has 1 spiro atoms. The van der Waals surface area contributed by atoms with Gasteiger partial charge in [0, 0.05) is 36.8 Å². The molecule has 2 aromatic heterocycles. The lowest BCUT2D eigenvalue weighted by molar-refractivity contribution is -0.128. The fraction of sp³-hybridized carbons (Fsp3) is 0.588. The maximum absolute atomic E-state index is 11.7. The second-order valence-corrected chi connectivity index (χ2v) is 6.98. The van der Waals surface area contributed by atoms with Crippen molar-refractivity contribution < 1.29 is 9.32 Å². The van der Waals surface area contributed by atoms with Crippen LogP contribution in [0.2, 0.25) is 0 Å². The number of carbonyl (C=O) groups excluding carboxylic acids is 1. The number of piperidine rings is 1. The van der Waals surface area contributed by atoms with Gasteiger partial charge in [-0.2, -0.15) is 5.10 Å². The molecule has 0 bridgehead atoms. The Morgan fingerprint density at radius 2 is 2.33 bits per heavy atom. The standard InChI is InChI=1S/C17H23N5O2/c1-11-13(10-19-22(11)2)14-8-12(24-21-14)9-18-15-4-5-16(23)20-17(15)6-3-7-17/h8,10,15,18H,3-7,9H2,1-2H3,(H,20,23). The average Bonchev–Trinajstić information content (AvgIpc) is 3.12. The molecule has 1 saturated heterocycles. The number of hydrogen-bond donors (Lipinski definition) is 2. The second kappa shape index (κ2) is 5.73. The summed E-state index contributed by atoms with van der Waals surface area (Å²) in [5.74, 6) is 0.987. The molecule has 1 atom stereocenters. The average molecular weight is 329 g/mol. The van der Waals surface area contributed by atoms with Gasteiger partial charge in [-0.15, -0.1) is 0 Å². The third-order valence-corrected chi connectivity index (χ3v) is 5.55. The Bertz CT molecular complexity index is 759. The lowest BCUT2D eigenvalue weighted by atomic mass is 9.68. The van der Waals surface area contributed by atoms with Gasteiger partial charge in [-0.25, -0.2) is 0 Å². The van der Waals surface area contributed by atoms with Crippen molar-refractivity contribution in [3.05, 3.63) is 23.7 Å². The van der Waals surface area contributed by atoms with E-state index in [1.807, 2.05) is 30.9 Å². The smallest absolute Gasteiger partial charge is 0.220 e. The van der Waals surface area contributed by atoms with Crippen molar-refractivity contribution in [2.45, 2.75) is 57.2 Å². The number of nitrogens with zero attached hydrogens (tertiary/aromatic N) is 3. The highest BCUT2D eigenvalue weighted by molar-refractivity contribution is 5.78. The van der Waals surface area contributed by atoms with Gasteiger partial charge in [0.25, 0.3) is 0 Å². The van der Waals surface area contributed by atoms with Gasteiger partial charge in [-0.1, -0.05) is 5.16 Å². The van der Waals surface area contributed by atoms with Crippen molar-refractivity contribution in [2.24, 2.45) is 7.05 Å². The van der Waals surface area contributed by atoms with Gasteiger partial charge in [-0.3, -0.25) is 9.48 Å². The molecule has 1 unspecified atom stereocenters. The van der Waals surface area contributed by atoms with Crippen LogP contribution in [0, 0.1) is 6.92 Å². The Morgan fingerprint density at radius 3 is 3.00 bits per heavy atom. The van der Waals surface area contributed by atoms with Crippen molar-refractivity contribution in [1.82, 2.24) is 25.6 Å². The Labute approximate surface area is 140 Å². The van der Waals surface area contributed by atoms with Gasteiger partial charge in [0.2, 0.25) is 5.91 Å². The molecule has 128 valence electrons. The molecule has 4 rings (SSSR count). The minimum atomic E-state index is -0.0435. The Balaban J connectivity index is 1.43. The SMILES string of the molecule is Cc1c(-c2cc(CNC3CCC(=O)NC34CCC4)on2)cnn1C. The first-order chi connectivity index (χ1) is 11.6. The van der Waals surface area contributed by atoms with E-state index >= 15 is 0 Å². The molecule has 2 aliphatic rings. The monoisotopic (exact) mass is 329 g/mol. The summed E-state index contributed by atoms with van der Waals surface area (Å²) in [6, 6.07) is 2.27. The van der Waals surface area contributed by atoms with E-state index in [4.69, 9.17) is 4.52 Å². The molecule has 7 nitrogen and oxygen atoms in total. The summed E-state index contributed by atoms with van der Waals surface area (Å²) in [5, 5.41) is 15.2. The van der Waals surface area contributed by atoms with Crippen LogP contribution in [-0.2, 0) is 18.4 Å². The molecular weight excluding hydrogens is 306 g/mol. The first-order valence-electron chi connectivity index (χ1n) is 8.56. The molecule has 1 amide bonds. The summed E-state index contributed by atoms with van der Waals surface area (Å²) >= 11 is 0. The van der Waals surface area contributed by atoms with Crippen LogP contribution in [0.3, 0.4) is 0 Å². The second-order valence-electron chi connectivity index (χ2n) is 6.98. The van der Waals surface area contributed by atoms with Crippen LogP contribution in [0.1, 0.15) is 43.6 Å². The molecule has 1 aliphatic carbocycles. The van der Waals surface area contributed by atoms with Gasteiger partial charge >= 0.3 is 0 Å². The lowest BCUT2D eigenvalue weighted by Crippen LogP contribution is -2.67. The quantitative estimate of drug-likeness (QED) is 0.891. The van der Waals surface area contributed by atoms with Crippen molar-refractivity contribution >= 4 is 5.91 Å². The van der Waals surface area contributed by atoms with Crippen LogP contribution in [0.4, 0.5) is 0 Å². The van der Waals surface area contributed by atoms with Crippen LogP contribution in [-0.4, -0.2) is 32.4 Å². The van der Waals surface area contributed by atoms with E-state index in [1.54, 1.807) is 0 Å². The molecule has 1 saturated carbocycles. The summed E-state index contributed by atoms with van der Waals surface area (Å²) < 4.78 is 7.30. The predicted octanol–water partition coefficient (Wildman–Crippen LogP) is 1.67. The summed E-state index contributed by atoms with van der Waals surface area (Å²) in [6.07, 6.45) is 6.60. The molecule has 2 N–H and O–H groups in total. The zero-order valence-electron chi connectivity index (χ0n) is 14.1. The number of aryl methyl sites for hydroxylation is 1. The van der Waals surface area contributed by atoms with Gasteiger partial charge < -0.3 is 15.2 Å². The zero-order chi connectivity index (χ0) is 16.7. The van der Waals surface area contributed by atoms with E-state index in [-0.39, 0.29) is 11.4 Å². The van der Waals surface area contributed by atoms with E-state index in [2.05, 4.69) is 20.9 Å². The number of hydrogen-bond acceptors (Lipinski definition) is 5. The summed E-state index contributed by atoms with van der Waals surface area (Å²) in [4.78, 5) is 11.7. The summed E-state index contributed by atoms with van der Waals surface area (Å²) in [7, 11) is 1.91. The summed E-state index contributed by atoms with van der Waals surface area (Å²) in [5.41, 5.74) is 2.82. The van der Waals surface area contributed by atoms with Crippen LogP contribution in [0.25, 0.3) is 11.3 Å². The molecule has 2 aromatic rings.